The van der Waals surface area contributed by atoms with Crippen LogP contribution in [-0.4, -0.2) is 18.1 Å². The second-order valence-electron chi connectivity index (χ2n) is 3.37. The molecule has 0 N–H and O–H groups in total. The third kappa shape index (κ3) is 2.22. The van der Waals surface area contributed by atoms with E-state index >= 15 is 0 Å². The number of carbonyl (C=O) groups excluding carboxylic acids is 1. The highest BCUT2D eigenvalue weighted by molar-refractivity contribution is 9.10. The van der Waals surface area contributed by atoms with Crippen molar-refractivity contribution >= 4 is 32.8 Å². The van der Waals surface area contributed by atoms with E-state index in [0.717, 1.165) is 15.4 Å². The maximum absolute atomic E-state index is 11.1. The molecule has 0 saturated carbocycles. The summed E-state index contributed by atoms with van der Waals surface area (Å²) in [6.45, 7) is 0. The van der Waals surface area contributed by atoms with Crippen LogP contribution in [0.3, 0.4) is 0 Å². The number of para-hydroxylation sites is 1. The third-order valence-corrected chi connectivity index (χ3v) is 2.92. The van der Waals surface area contributed by atoms with Crippen molar-refractivity contribution in [2.75, 3.05) is 7.11 Å². The Morgan fingerprint density at radius 2 is 2.19 bits per heavy atom. The van der Waals surface area contributed by atoms with Gasteiger partial charge in [-0.25, -0.2) is 0 Å². The SMILES string of the molecule is COC(=O)Cc1ccc2cccc(Br)c2n1. The molecule has 1 aromatic carbocycles. The van der Waals surface area contributed by atoms with E-state index in [1.165, 1.54) is 7.11 Å². The van der Waals surface area contributed by atoms with Gasteiger partial charge in [0.15, 0.2) is 0 Å². The zero-order chi connectivity index (χ0) is 11.5. The first-order chi connectivity index (χ1) is 7.70. The summed E-state index contributed by atoms with van der Waals surface area (Å²) in [5, 5.41) is 1.04. The first-order valence-electron chi connectivity index (χ1n) is 4.81. The normalized spacial score (nSPS) is 10.4. The molecule has 0 fully saturated rings. The number of hydrogen-bond acceptors (Lipinski definition) is 3. The second kappa shape index (κ2) is 4.61. The minimum atomic E-state index is -0.279. The topological polar surface area (TPSA) is 39.2 Å². The van der Waals surface area contributed by atoms with Gasteiger partial charge in [0.2, 0.25) is 0 Å². The van der Waals surface area contributed by atoms with E-state index in [-0.39, 0.29) is 12.4 Å². The molecular weight excluding hydrogens is 270 g/mol. The minimum absolute atomic E-state index is 0.202. The maximum Gasteiger partial charge on any atom is 0.311 e. The van der Waals surface area contributed by atoms with Crippen molar-refractivity contribution in [2.24, 2.45) is 0 Å². The van der Waals surface area contributed by atoms with Gasteiger partial charge in [-0.2, -0.15) is 0 Å². The Morgan fingerprint density at radius 1 is 1.38 bits per heavy atom. The fourth-order valence-electron chi connectivity index (χ4n) is 1.47. The Kier molecular flexibility index (Phi) is 3.19. The first kappa shape index (κ1) is 11.1. The van der Waals surface area contributed by atoms with E-state index in [0.29, 0.717) is 5.69 Å². The van der Waals surface area contributed by atoms with Gasteiger partial charge in [0.1, 0.15) is 0 Å². The number of rotatable bonds is 2. The highest BCUT2D eigenvalue weighted by atomic mass is 79.9. The van der Waals surface area contributed by atoms with Crippen molar-refractivity contribution in [3.8, 4) is 0 Å². The van der Waals surface area contributed by atoms with E-state index in [9.17, 15) is 4.79 Å². The van der Waals surface area contributed by atoms with Gasteiger partial charge in [0, 0.05) is 9.86 Å². The fourth-order valence-corrected chi connectivity index (χ4v) is 1.94. The molecule has 0 saturated heterocycles. The number of benzene rings is 1. The summed E-state index contributed by atoms with van der Waals surface area (Å²) >= 11 is 3.44. The Morgan fingerprint density at radius 3 is 2.94 bits per heavy atom. The predicted molar refractivity (Wildman–Crippen MR) is 65.2 cm³/mol. The fraction of sp³-hybridized carbons (Fsp3) is 0.167. The van der Waals surface area contributed by atoms with Crippen LogP contribution in [0.4, 0.5) is 0 Å². The lowest BCUT2D eigenvalue weighted by Gasteiger charge is -2.03. The lowest BCUT2D eigenvalue weighted by atomic mass is 10.2. The van der Waals surface area contributed by atoms with E-state index in [1.807, 2.05) is 30.3 Å². The molecule has 4 heteroatoms. The first-order valence-corrected chi connectivity index (χ1v) is 5.61. The van der Waals surface area contributed by atoms with Crippen molar-refractivity contribution in [3.63, 3.8) is 0 Å². The van der Waals surface area contributed by atoms with Crippen LogP contribution in [0, 0.1) is 0 Å². The summed E-state index contributed by atoms with van der Waals surface area (Å²) in [4.78, 5) is 15.5. The highest BCUT2D eigenvalue weighted by Gasteiger charge is 2.06. The number of pyridine rings is 1. The lowest BCUT2D eigenvalue weighted by Crippen LogP contribution is -2.05. The molecule has 1 aromatic heterocycles. The average Bonchev–Trinajstić information content (AvgIpc) is 2.30. The van der Waals surface area contributed by atoms with Crippen LogP contribution in [0.5, 0.6) is 0 Å². The van der Waals surface area contributed by atoms with Crippen LogP contribution in [0.25, 0.3) is 10.9 Å². The van der Waals surface area contributed by atoms with Crippen LogP contribution in [-0.2, 0) is 16.0 Å². The number of carbonyl (C=O) groups is 1. The summed E-state index contributed by atoms with van der Waals surface area (Å²) < 4.78 is 5.53. The lowest BCUT2D eigenvalue weighted by molar-refractivity contribution is -0.139. The van der Waals surface area contributed by atoms with Gasteiger partial charge in [0.25, 0.3) is 0 Å². The Balaban J connectivity index is 2.43. The number of esters is 1. The van der Waals surface area contributed by atoms with Gasteiger partial charge in [0.05, 0.1) is 24.7 Å². The van der Waals surface area contributed by atoms with Crippen LogP contribution in [0.15, 0.2) is 34.8 Å². The zero-order valence-electron chi connectivity index (χ0n) is 8.74. The van der Waals surface area contributed by atoms with Crippen LogP contribution >= 0.6 is 15.9 Å². The minimum Gasteiger partial charge on any atom is -0.469 e. The molecule has 0 spiro atoms. The maximum atomic E-state index is 11.1. The van der Waals surface area contributed by atoms with E-state index < -0.39 is 0 Å². The predicted octanol–water partition coefficient (Wildman–Crippen LogP) is 2.71. The van der Waals surface area contributed by atoms with Crippen molar-refractivity contribution in [1.29, 1.82) is 0 Å². The molecule has 16 heavy (non-hydrogen) atoms. The molecule has 2 aromatic rings. The number of aromatic nitrogens is 1. The molecule has 0 atom stereocenters. The molecule has 0 aliphatic carbocycles. The number of ether oxygens (including phenoxy) is 1. The standard InChI is InChI=1S/C12H10BrNO2/c1-16-11(15)7-9-6-5-8-3-2-4-10(13)12(8)14-9/h2-6H,7H2,1H3. The Labute approximate surface area is 102 Å². The molecule has 0 aliphatic heterocycles. The Bertz CT molecular complexity index is 540. The Hall–Kier alpha value is -1.42. The number of nitrogens with zero attached hydrogens (tertiary/aromatic N) is 1. The molecule has 82 valence electrons. The van der Waals surface area contributed by atoms with Gasteiger partial charge in [-0.05, 0) is 28.1 Å². The summed E-state index contributed by atoms with van der Waals surface area (Å²) in [6.07, 6.45) is 0.202. The summed E-state index contributed by atoms with van der Waals surface area (Å²) in [5.41, 5.74) is 1.58. The summed E-state index contributed by atoms with van der Waals surface area (Å²) in [7, 11) is 1.37. The van der Waals surface area contributed by atoms with Crippen LogP contribution in [0.1, 0.15) is 5.69 Å². The van der Waals surface area contributed by atoms with Gasteiger partial charge >= 0.3 is 5.97 Å². The molecule has 3 nitrogen and oxygen atoms in total. The number of methoxy groups -OCH3 is 1. The van der Waals surface area contributed by atoms with Gasteiger partial charge in [-0.3, -0.25) is 9.78 Å². The zero-order valence-corrected chi connectivity index (χ0v) is 10.3. The van der Waals surface area contributed by atoms with Crippen molar-refractivity contribution in [1.82, 2.24) is 4.98 Å². The summed E-state index contributed by atoms with van der Waals surface area (Å²) in [6, 6.07) is 9.65. The van der Waals surface area contributed by atoms with E-state index in [4.69, 9.17) is 0 Å². The van der Waals surface area contributed by atoms with Crippen molar-refractivity contribution in [3.05, 3.63) is 40.5 Å². The second-order valence-corrected chi connectivity index (χ2v) is 4.22. The van der Waals surface area contributed by atoms with Crippen molar-refractivity contribution < 1.29 is 9.53 Å². The molecule has 0 bridgehead atoms. The number of hydrogen-bond donors (Lipinski definition) is 0. The van der Waals surface area contributed by atoms with Gasteiger partial charge < -0.3 is 4.74 Å². The van der Waals surface area contributed by atoms with Gasteiger partial charge in [-0.15, -0.1) is 0 Å². The highest BCUT2D eigenvalue weighted by Crippen LogP contribution is 2.22. The van der Waals surface area contributed by atoms with Crippen molar-refractivity contribution in [2.45, 2.75) is 6.42 Å². The average molecular weight is 280 g/mol. The molecule has 0 amide bonds. The van der Waals surface area contributed by atoms with Crippen LogP contribution in [0.2, 0.25) is 0 Å². The largest absolute Gasteiger partial charge is 0.469 e. The number of halogens is 1. The molecule has 1 heterocycles. The molecule has 0 unspecified atom stereocenters. The smallest absolute Gasteiger partial charge is 0.311 e. The monoisotopic (exact) mass is 279 g/mol. The quantitative estimate of drug-likeness (QED) is 0.794. The molecule has 0 aliphatic rings. The molecular formula is C12H10BrNO2. The molecule has 2 rings (SSSR count). The number of fused-ring (bicyclic) bond motifs is 1. The van der Waals surface area contributed by atoms with E-state index in [2.05, 4.69) is 25.7 Å². The van der Waals surface area contributed by atoms with E-state index in [1.54, 1.807) is 0 Å². The molecule has 0 radical (unpaired) electrons. The van der Waals surface area contributed by atoms with Gasteiger partial charge in [-0.1, -0.05) is 18.2 Å². The third-order valence-electron chi connectivity index (χ3n) is 2.28. The summed E-state index contributed by atoms with van der Waals surface area (Å²) in [5.74, 6) is -0.279. The van der Waals surface area contributed by atoms with Crippen LogP contribution < -0.4 is 0 Å².